The van der Waals surface area contributed by atoms with E-state index in [4.69, 9.17) is 4.74 Å². The number of hydrogen-bond acceptors (Lipinski definition) is 5. The number of nitrogens with one attached hydrogen (secondary N) is 2. The van der Waals surface area contributed by atoms with Gasteiger partial charge >= 0.3 is 0 Å². The summed E-state index contributed by atoms with van der Waals surface area (Å²) in [7, 11) is 2.11. The topological polar surface area (TPSA) is 66.5 Å². The number of aromatic nitrogens is 1. The quantitative estimate of drug-likeness (QED) is 0.387. The normalized spacial score (nSPS) is 12.0. The summed E-state index contributed by atoms with van der Waals surface area (Å²) in [6, 6.07) is 16.2. The highest BCUT2D eigenvalue weighted by Crippen LogP contribution is 2.14. The van der Waals surface area contributed by atoms with Gasteiger partial charge in [0.1, 0.15) is 5.69 Å². The zero-order valence-electron chi connectivity index (χ0n) is 18.7. The molecule has 1 amide bonds. The molecule has 0 fully saturated rings. The van der Waals surface area contributed by atoms with Crippen molar-refractivity contribution in [3.8, 4) is 0 Å². The molecule has 164 valence electrons. The van der Waals surface area contributed by atoms with Crippen molar-refractivity contribution in [2.24, 2.45) is 5.92 Å². The van der Waals surface area contributed by atoms with E-state index in [1.165, 1.54) is 5.69 Å². The highest BCUT2D eigenvalue weighted by Gasteiger charge is 2.13. The maximum atomic E-state index is 12.6. The summed E-state index contributed by atoms with van der Waals surface area (Å²) in [5.74, 6) is 0.292. The SMILES string of the molecule is CCC(CCN(C)c1ccccc1)CNC(=O)c1cccc(COCNC(C)C)n1. The molecule has 0 aliphatic heterocycles. The number of carbonyl (C=O) groups excluding carboxylic acids is 1. The molecule has 30 heavy (non-hydrogen) atoms. The minimum atomic E-state index is -0.132. The van der Waals surface area contributed by atoms with Gasteiger partial charge in [0.15, 0.2) is 0 Å². The minimum absolute atomic E-state index is 0.132. The van der Waals surface area contributed by atoms with Crippen molar-refractivity contribution < 1.29 is 9.53 Å². The number of benzene rings is 1. The van der Waals surface area contributed by atoms with Crippen LogP contribution in [-0.4, -0.2) is 43.8 Å². The first kappa shape index (κ1) is 23.8. The van der Waals surface area contributed by atoms with Gasteiger partial charge in [-0.15, -0.1) is 0 Å². The fourth-order valence-corrected chi connectivity index (χ4v) is 3.03. The van der Waals surface area contributed by atoms with Crippen LogP contribution in [0.25, 0.3) is 0 Å². The van der Waals surface area contributed by atoms with E-state index in [-0.39, 0.29) is 5.91 Å². The van der Waals surface area contributed by atoms with Gasteiger partial charge in [0.2, 0.25) is 0 Å². The second-order valence-electron chi connectivity index (χ2n) is 7.90. The zero-order chi connectivity index (χ0) is 21.8. The lowest BCUT2D eigenvalue weighted by atomic mass is 10.0. The van der Waals surface area contributed by atoms with Crippen molar-refractivity contribution in [2.75, 3.05) is 31.8 Å². The van der Waals surface area contributed by atoms with Gasteiger partial charge in [0.25, 0.3) is 5.91 Å². The van der Waals surface area contributed by atoms with Gasteiger partial charge in [0, 0.05) is 31.9 Å². The zero-order valence-corrected chi connectivity index (χ0v) is 18.7. The lowest BCUT2D eigenvalue weighted by molar-refractivity contribution is 0.0924. The van der Waals surface area contributed by atoms with Crippen molar-refractivity contribution in [1.29, 1.82) is 0 Å². The van der Waals surface area contributed by atoms with Crippen molar-refractivity contribution in [3.63, 3.8) is 0 Å². The summed E-state index contributed by atoms with van der Waals surface area (Å²) in [6.45, 7) is 8.74. The van der Waals surface area contributed by atoms with Crippen LogP contribution in [0.15, 0.2) is 48.5 Å². The van der Waals surface area contributed by atoms with Gasteiger partial charge < -0.3 is 15.0 Å². The summed E-state index contributed by atoms with van der Waals surface area (Å²) >= 11 is 0. The fourth-order valence-electron chi connectivity index (χ4n) is 3.03. The third kappa shape index (κ3) is 8.51. The molecule has 0 radical (unpaired) electrons. The summed E-state index contributed by atoms with van der Waals surface area (Å²) < 4.78 is 5.56. The molecular weight excluding hydrogens is 376 g/mol. The number of anilines is 1. The van der Waals surface area contributed by atoms with Gasteiger partial charge in [-0.3, -0.25) is 10.1 Å². The minimum Gasteiger partial charge on any atom is -0.375 e. The summed E-state index contributed by atoms with van der Waals surface area (Å²) in [4.78, 5) is 19.2. The molecule has 0 aliphatic rings. The van der Waals surface area contributed by atoms with Crippen LogP contribution in [-0.2, 0) is 11.3 Å². The van der Waals surface area contributed by atoms with Crippen LogP contribution in [0.1, 0.15) is 49.8 Å². The number of carbonyl (C=O) groups is 1. The Morgan fingerprint density at radius 3 is 2.60 bits per heavy atom. The number of pyridine rings is 1. The number of nitrogens with zero attached hydrogens (tertiary/aromatic N) is 2. The molecule has 1 unspecified atom stereocenters. The molecule has 6 heteroatoms. The molecule has 2 rings (SSSR count). The van der Waals surface area contributed by atoms with Crippen molar-refractivity contribution in [3.05, 3.63) is 59.9 Å². The Morgan fingerprint density at radius 2 is 1.90 bits per heavy atom. The van der Waals surface area contributed by atoms with Gasteiger partial charge in [-0.25, -0.2) is 4.98 Å². The predicted molar refractivity (Wildman–Crippen MR) is 123 cm³/mol. The van der Waals surface area contributed by atoms with E-state index in [9.17, 15) is 4.79 Å². The maximum Gasteiger partial charge on any atom is 0.269 e. The summed E-state index contributed by atoms with van der Waals surface area (Å²) in [5, 5.41) is 6.24. The molecule has 1 heterocycles. The second kappa shape index (κ2) is 13.0. The molecule has 0 aliphatic carbocycles. The molecule has 0 spiro atoms. The summed E-state index contributed by atoms with van der Waals surface area (Å²) in [6.07, 6.45) is 2.04. The van der Waals surface area contributed by atoms with E-state index >= 15 is 0 Å². The Morgan fingerprint density at radius 1 is 1.13 bits per heavy atom. The largest absolute Gasteiger partial charge is 0.375 e. The molecule has 6 nitrogen and oxygen atoms in total. The third-order valence-corrected chi connectivity index (χ3v) is 5.08. The molecule has 1 aromatic carbocycles. The van der Waals surface area contributed by atoms with Crippen molar-refractivity contribution in [2.45, 2.75) is 46.3 Å². The van der Waals surface area contributed by atoms with Crippen LogP contribution in [0.2, 0.25) is 0 Å². The van der Waals surface area contributed by atoms with E-state index in [0.717, 1.165) is 25.1 Å². The molecule has 0 saturated carbocycles. The van der Waals surface area contributed by atoms with E-state index in [2.05, 4.69) is 72.6 Å². The van der Waals surface area contributed by atoms with Gasteiger partial charge in [-0.05, 0) is 50.5 Å². The maximum absolute atomic E-state index is 12.6. The molecule has 2 N–H and O–H groups in total. The molecule has 0 saturated heterocycles. The molecule has 0 bridgehead atoms. The average Bonchev–Trinajstić information content (AvgIpc) is 2.77. The van der Waals surface area contributed by atoms with Crippen LogP contribution in [0.4, 0.5) is 5.69 Å². The van der Waals surface area contributed by atoms with Crippen LogP contribution in [0.5, 0.6) is 0 Å². The Labute approximate surface area is 181 Å². The highest BCUT2D eigenvalue weighted by molar-refractivity contribution is 5.92. The van der Waals surface area contributed by atoms with E-state index < -0.39 is 0 Å². The van der Waals surface area contributed by atoms with Crippen molar-refractivity contribution in [1.82, 2.24) is 15.6 Å². The first-order valence-electron chi connectivity index (χ1n) is 10.8. The van der Waals surface area contributed by atoms with Crippen molar-refractivity contribution >= 4 is 11.6 Å². The van der Waals surface area contributed by atoms with Gasteiger partial charge in [-0.1, -0.05) is 37.6 Å². The first-order valence-corrected chi connectivity index (χ1v) is 10.8. The Balaban J connectivity index is 1.78. The average molecular weight is 413 g/mol. The molecular formula is C24H36N4O2. The van der Waals surface area contributed by atoms with E-state index in [0.29, 0.717) is 37.5 Å². The monoisotopic (exact) mass is 412 g/mol. The number of rotatable bonds is 13. The van der Waals surface area contributed by atoms with Crippen LogP contribution >= 0.6 is 0 Å². The Kier molecular flexibility index (Phi) is 10.3. The lowest BCUT2D eigenvalue weighted by Gasteiger charge is -2.23. The second-order valence-corrected chi connectivity index (χ2v) is 7.90. The number of ether oxygens (including phenoxy) is 1. The van der Waals surface area contributed by atoms with Crippen LogP contribution < -0.4 is 15.5 Å². The Bertz CT molecular complexity index is 752. The lowest BCUT2D eigenvalue weighted by Crippen LogP contribution is -2.31. The first-order chi connectivity index (χ1) is 14.5. The number of hydrogen-bond donors (Lipinski definition) is 2. The molecule has 1 atom stereocenters. The molecule has 2 aromatic rings. The van der Waals surface area contributed by atoms with E-state index in [1.54, 1.807) is 6.07 Å². The third-order valence-electron chi connectivity index (χ3n) is 5.08. The molecule has 1 aromatic heterocycles. The predicted octanol–water partition coefficient (Wildman–Crippen LogP) is 3.84. The van der Waals surface area contributed by atoms with Crippen LogP contribution in [0.3, 0.4) is 0 Å². The highest BCUT2D eigenvalue weighted by atomic mass is 16.5. The number of amides is 1. The van der Waals surface area contributed by atoms with Crippen LogP contribution in [0, 0.1) is 5.92 Å². The number of para-hydroxylation sites is 1. The fraction of sp³-hybridized carbons (Fsp3) is 0.500. The van der Waals surface area contributed by atoms with E-state index in [1.807, 2.05) is 18.2 Å². The van der Waals surface area contributed by atoms with Gasteiger partial charge in [-0.2, -0.15) is 0 Å². The van der Waals surface area contributed by atoms with Gasteiger partial charge in [0.05, 0.1) is 19.0 Å². The smallest absolute Gasteiger partial charge is 0.269 e. The Hall–Kier alpha value is -2.44. The summed E-state index contributed by atoms with van der Waals surface area (Å²) in [5.41, 5.74) is 2.40. The standard InChI is InChI=1S/C24H36N4O2/c1-5-20(14-15-28(4)22-11-7-6-8-12-22)16-25-24(29)23-13-9-10-21(27-23)17-30-18-26-19(2)3/h6-13,19-20,26H,5,14-18H2,1-4H3,(H,25,29).